The summed E-state index contributed by atoms with van der Waals surface area (Å²) < 4.78 is 0. The third-order valence-corrected chi connectivity index (χ3v) is 2.08. The Balaban J connectivity index is 4.43. The normalized spacial score (nSPS) is 13.8. The molecule has 0 aliphatic carbocycles. The predicted molar refractivity (Wildman–Crippen MR) is 58.8 cm³/mol. The minimum atomic E-state index is 0.640. The summed E-state index contributed by atoms with van der Waals surface area (Å²) in [6, 6.07) is 0. The van der Waals surface area contributed by atoms with Gasteiger partial charge in [0.05, 0.1) is 0 Å². The SMILES string of the molecule is C[B]C/C=C(\C(C)=C/C)C(C)C. The molecule has 1 radical (unpaired) electrons. The van der Waals surface area contributed by atoms with E-state index in [1.165, 1.54) is 11.1 Å². The van der Waals surface area contributed by atoms with Crippen molar-refractivity contribution < 1.29 is 0 Å². The Labute approximate surface area is 78.0 Å². The van der Waals surface area contributed by atoms with Crippen molar-refractivity contribution in [2.75, 3.05) is 0 Å². The maximum atomic E-state index is 2.32. The van der Waals surface area contributed by atoms with Gasteiger partial charge in [0.2, 0.25) is 0 Å². The molecule has 0 aromatic rings. The molecule has 0 saturated heterocycles. The molecule has 0 nitrogen and oxygen atoms in total. The first-order valence-corrected chi connectivity index (χ1v) is 4.74. The second-order valence-electron chi connectivity index (χ2n) is 3.43. The van der Waals surface area contributed by atoms with Gasteiger partial charge in [-0.05, 0) is 25.3 Å². The minimum absolute atomic E-state index is 0.640. The van der Waals surface area contributed by atoms with Crippen LogP contribution in [0.1, 0.15) is 27.7 Å². The molecular weight excluding hydrogens is 143 g/mol. The fraction of sp³-hybridized carbons (Fsp3) is 0.636. The molecule has 0 aromatic carbocycles. The summed E-state index contributed by atoms with van der Waals surface area (Å²) in [7, 11) is 2.19. The van der Waals surface area contributed by atoms with Crippen LogP contribution in [0.3, 0.4) is 0 Å². The lowest BCUT2D eigenvalue weighted by Gasteiger charge is -2.11. The van der Waals surface area contributed by atoms with Gasteiger partial charge < -0.3 is 0 Å². The number of hydrogen-bond acceptors (Lipinski definition) is 0. The average Bonchev–Trinajstić information content (AvgIpc) is 2.04. The molecule has 0 bridgehead atoms. The van der Waals surface area contributed by atoms with Gasteiger partial charge in [0, 0.05) is 0 Å². The first-order valence-electron chi connectivity index (χ1n) is 4.74. The largest absolute Gasteiger partial charge is 0.110 e. The zero-order valence-corrected chi connectivity index (χ0v) is 9.02. The molecule has 0 unspecified atom stereocenters. The summed E-state index contributed by atoms with van der Waals surface area (Å²) in [5.74, 6) is 0.640. The topological polar surface area (TPSA) is 0 Å². The van der Waals surface area contributed by atoms with Crippen LogP contribution in [0.4, 0.5) is 0 Å². The molecule has 0 atom stereocenters. The second kappa shape index (κ2) is 6.10. The lowest BCUT2D eigenvalue weighted by Crippen LogP contribution is -1.96. The first kappa shape index (κ1) is 11.5. The van der Waals surface area contributed by atoms with Gasteiger partial charge in [0.1, 0.15) is 7.28 Å². The average molecular weight is 163 g/mol. The van der Waals surface area contributed by atoms with E-state index < -0.39 is 0 Å². The summed E-state index contributed by atoms with van der Waals surface area (Å²) >= 11 is 0. The third-order valence-electron chi connectivity index (χ3n) is 2.08. The zero-order valence-electron chi connectivity index (χ0n) is 9.02. The van der Waals surface area contributed by atoms with Crippen molar-refractivity contribution in [2.24, 2.45) is 5.92 Å². The van der Waals surface area contributed by atoms with Crippen LogP contribution in [-0.4, -0.2) is 7.28 Å². The highest BCUT2D eigenvalue weighted by Crippen LogP contribution is 2.19. The standard InChI is InChI=1S/C11H20B/c1-6-10(4)11(9(2)3)7-8-12-5/h6-7,9H,8H2,1-5H3/b10-6-,11-7-. The third kappa shape index (κ3) is 3.80. The highest BCUT2D eigenvalue weighted by atomic mass is 14.1. The van der Waals surface area contributed by atoms with Crippen LogP contribution in [0.5, 0.6) is 0 Å². The Hall–Kier alpha value is -0.455. The Bertz CT molecular complexity index is 175. The zero-order chi connectivity index (χ0) is 9.56. The Morgan fingerprint density at radius 1 is 1.42 bits per heavy atom. The molecule has 0 amide bonds. The molecule has 0 N–H and O–H groups in total. The fourth-order valence-electron chi connectivity index (χ4n) is 1.26. The van der Waals surface area contributed by atoms with Crippen LogP contribution in [-0.2, 0) is 0 Å². The van der Waals surface area contributed by atoms with Gasteiger partial charge in [0.25, 0.3) is 0 Å². The molecule has 0 fully saturated rings. The van der Waals surface area contributed by atoms with Crippen LogP contribution >= 0.6 is 0 Å². The highest BCUT2D eigenvalue weighted by molar-refractivity contribution is 6.34. The van der Waals surface area contributed by atoms with Gasteiger partial charge in [-0.25, -0.2) is 0 Å². The Morgan fingerprint density at radius 3 is 2.33 bits per heavy atom. The van der Waals surface area contributed by atoms with E-state index in [1.807, 2.05) is 0 Å². The lowest BCUT2D eigenvalue weighted by molar-refractivity contribution is 0.775. The summed E-state index contributed by atoms with van der Waals surface area (Å²) in [4.78, 5) is 0. The van der Waals surface area contributed by atoms with Crippen molar-refractivity contribution in [1.29, 1.82) is 0 Å². The van der Waals surface area contributed by atoms with E-state index >= 15 is 0 Å². The molecule has 12 heavy (non-hydrogen) atoms. The van der Waals surface area contributed by atoms with Gasteiger partial charge in [-0.1, -0.05) is 44.7 Å². The van der Waals surface area contributed by atoms with Gasteiger partial charge in [-0.3, -0.25) is 0 Å². The monoisotopic (exact) mass is 163 g/mol. The molecule has 0 spiro atoms. The highest BCUT2D eigenvalue weighted by Gasteiger charge is 2.03. The van der Waals surface area contributed by atoms with E-state index in [4.69, 9.17) is 0 Å². The summed E-state index contributed by atoms with van der Waals surface area (Å²) in [6.45, 7) is 10.9. The van der Waals surface area contributed by atoms with Crippen molar-refractivity contribution in [3.05, 3.63) is 23.3 Å². The number of hydrogen-bond donors (Lipinski definition) is 0. The van der Waals surface area contributed by atoms with E-state index in [9.17, 15) is 0 Å². The van der Waals surface area contributed by atoms with E-state index in [1.54, 1.807) is 0 Å². The molecule has 0 heterocycles. The van der Waals surface area contributed by atoms with Crippen LogP contribution in [0.15, 0.2) is 23.3 Å². The summed E-state index contributed by atoms with van der Waals surface area (Å²) in [6.07, 6.45) is 5.58. The van der Waals surface area contributed by atoms with Gasteiger partial charge >= 0.3 is 0 Å². The number of allylic oxidation sites excluding steroid dienone is 4. The molecule has 0 rings (SSSR count). The second-order valence-corrected chi connectivity index (χ2v) is 3.43. The first-order chi connectivity index (χ1) is 5.63. The smallest absolute Gasteiger partial charge is 0.0917 e. The molecular formula is C11H20B. The lowest BCUT2D eigenvalue weighted by atomic mass is 9.76. The van der Waals surface area contributed by atoms with E-state index in [-0.39, 0.29) is 0 Å². The van der Waals surface area contributed by atoms with Crippen LogP contribution in [0, 0.1) is 5.92 Å². The van der Waals surface area contributed by atoms with Gasteiger partial charge in [0.15, 0.2) is 0 Å². The molecule has 67 valence electrons. The molecule has 0 aliphatic rings. The Kier molecular flexibility index (Phi) is 5.87. The molecule has 0 aliphatic heterocycles. The molecule has 0 aromatic heterocycles. The van der Waals surface area contributed by atoms with Gasteiger partial charge in [-0.2, -0.15) is 0 Å². The van der Waals surface area contributed by atoms with E-state index in [0.717, 1.165) is 6.32 Å². The predicted octanol–water partition coefficient (Wildman–Crippen LogP) is 3.71. The van der Waals surface area contributed by atoms with Gasteiger partial charge in [-0.15, -0.1) is 0 Å². The summed E-state index contributed by atoms with van der Waals surface area (Å²) in [5, 5.41) is 0. The maximum Gasteiger partial charge on any atom is 0.110 e. The van der Waals surface area contributed by atoms with Crippen LogP contribution in [0.25, 0.3) is 0 Å². The molecule has 1 heteroatoms. The van der Waals surface area contributed by atoms with Crippen molar-refractivity contribution in [3.63, 3.8) is 0 Å². The maximum absolute atomic E-state index is 2.32. The minimum Gasteiger partial charge on any atom is -0.0917 e. The van der Waals surface area contributed by atoms with Crippen molar-refractivity contribution >= 4 is 7.28 Å². The fourth-order valence-corrected chi connectivity index (χ4v) is 1.26. The molecule has 0 saturated carbocycles. The van der Waals surface area contributed by atoms with E-state index in [2.05, 4.69) is 53.9 Å². The van der Waals surface area contributed by atoms with Crippen molar-refractivity contribution in [1.82, 2.24) is 0 Å². The summed E-state index contributed by atoms with van der Waals surface area (Å²) in [5.41, 5.74) is 2.89. The van der Waals surface area contributed by atoms with Crippen LogP contribution in [0.2, 0.25) is 13.1 Å². The Morgan fingerprint density at radius 2 is 2.00 bits per heavy atom. The van der Waals surface area contributed by atoms with Crippen molar-refractivity contribution in [2.45, 2.75) is 40.8 Å². The van der Waals surface area contributed by atoms with E-state index in [0.29, 0.717) is 5.92 Å². The van der Waals surface area contributed by atoms with Crippen molar-refractivity contribution in [3.8, 4) is 0 Å². The van der Waals surface area contributed by atoms with Crippen LogP contribution < -0.4 is 0 Å². The number of rotatable bonds is 4. The quantitative estimate of drug-likeness (QED) is 0.437.